The normalized spacial score (nSPS) is 10.2. The lowest BCUT2D eigenvalue weighted by Crippen LogP contribution is -2.36. The van der Waals surface area contributed by atoms with Crippen molar-refractivity contribution in [3.8, 4) is 12.3 Å². The van der Waals surface area contributed by atoms with Crippen LogP contribution in [0.25, 0.3) is 0 Å². The van der Waals surface area contributed by atoms with Crippen LogP contribution in [0.4, 0.5) is 0 Å². The van der Waals surface area contributed by atoms with Crippen molar-refractivity contribution in [1.29, 1.82) is 0 Å². The van der Waals surface area contributed by atoms with Crippen molar-refractivity contribution in [3.05, 3.63) is 12.2 Å². The molecule has 0 aliphatic heterocycles. The smallest absolute Gasteiger partial charge is 0.263 e. The summed E-state index contributed by atoms with van der Waals surface area (Å²) in [5, 5.41) is 0. The van der Waals surface area contributed by atoms with Gasteiger partial charge in [0, 0.05) is 5.57 Å². The number of rotatable bonds is 3. The van der Waals surface area contributed by atoms with Gasteiger partial charge in [0.15, 0.2) is 0 Å². The molecule has 4 nitrogen and oxygen atoms in total. The van der Waals surface area contributed by atoms with Crippen LogP contribution in [0.3, 0.4) is 0 Å². The fourth-order valence-electron chi connectivity index (χ4n) is 0.635. The van der Waals surface area contributed by atoms with Crippen LogP contribution in [0.1, 0.15) is 6.92 Å². The van der Waals surface area contributed by atoms with E-state index in [2.05, 4.69) is 12.5 Å². The maximum Gasteiger partial charge on any atom is 0.263 e. The van der Waals surface area contributed by atoms with E-state index >= 15 is 0 Å². The number of hydrogen-bond donors (Lipinski definition) is 0. The molecule has 0 aromatic rings. The molecule has 0 aliphatic carbocycles. The van der Waals surface area contributed by atoms with Crippen LogP contribution in [-0.4, -0.2) is 31.4 Å². The van der Waals surface area contributed by atoms with E-state index in [1.807, 2.05) is 0 Å². The van der Waals surface area contributed by atoms with E-state index in [4.69, 9.17) is 6.42 Å². The van der Waals surface area contributed by atoms with Crippen LogP contribution in [0, 0.1) is 12.3 Å². The number of amides is 1. The van der Waals surface area contributed by atoms with Crippen molar-refractivity contribution in [2.75, 3.05) is 12.8 Å². The van der Waals surface area contributed by atoms with Gasteiger partial charge in [-0.05, 0) is 6.92 Å². The second-order valence-electron chi connectivity index (χ2n) is 2.56. The standard InChI is InChI=1S/C8H11NO3S/c1-5-6-9(13(4,11)12)8(10)7(2)3/h1H,2,6H2,3-4H3. The first-order valence-corrected chi connectivity index (χ1v) is 5.26. The van der Waals surface area contributed by atoms with E-state index in [-0.39, 0.29) is 12.1 Å². The zero-order valence-corrected chi connectivity index (χ0v) is 8.39. The molecule has 13 heavy (non-hydrogen) atoms. The summed E-state index contributed by atoms with van der Waals surface area (Å²) < 4.78 is 22.7. The maximum atomic E-state index is 11.2. The highest BCUT2D eigenvalue weighted by Crippen LogP contribution is 2.03. The SMILES string of the molecule is C#CCN(C(=O)C(=C)C)S(C)(=O)=O. The molecule has 0 fully saturated rings. The third-order valence-corrected chi connectivity index (χ3v) is 2.32. The minimum atomic E-state index is -3.59. The van der Waals surface area contributed by atoms with Crippen LogP contribution in [0.15, 0.2) is 12.2 Å². The quantitative estimate of drug-likeness (QED) is 0.476. The summed E-state index contributed by atoms with van der Waals surface area (Å²) in [6.07, 6.45) is 5.85. The van der Waals surface area contributed by atoms with Crippen molar-refractivity contribution in [3.63, 3.8) is 0 Å². The molecule has 0 saturated heterocycles. The van der Waals surface area contributed by atoms with Crippen LogP contribution in [0.2, 0.25) is 0 Å². The average molecular weight is 201 g/mol. The predicted molar refractivity (Wildman–Crippen MR) is 50.2 cm³/mol. The van der Waals surface area contributed by atoms with Crippen molar-refractivity contribution in [2.24, 2.45) is 0 Å². The van der Waals surface area contributed by atoms with Crippen molar-refractivity contribution in [1.82, 2.24) is 4.31 Å². The van der Waals surface area contributed by atoms with Gasteiger partial charge in [0.25, 0.3) is 5.91 Å². The highest BCUT2D eigenvalue weighted by molar-refractivity contribution is 7.88. The number of nitrogens with zero attached hydrogens (tertiary/aromatic N) is 1. The molecule has 0 atom stereocenters. The van der Waals surface area contributed by atoms with Crippen LogP contribution >= 0.6 is 0 Å². The molecule has 0 rings (SSSR count). The van der Waals surface area contributed by atoms with Crippen LogP contribution < -0.4 is 0 Å². The molecular formula is C8H11NO3S. The van der Waals surface area contributed by atoms with Crippen molar-refractivity contribution in [2.45, 2.75) is 6.92 Å². The zero-order valence-electron chi connectivity index (χ0n) is 7.57. The Balaban J connectivity index is 4.97. The summed E-state index contributed by atoms with van der Waals surface area (Å²) in [5.74, 6) is 1.43. The molecule has 0 aliphatic rings. The fourth-order valence-corrected chi connectivity index (χ4v) is 1.40. The Hall–Kier alpha value is -1.28. The number of hydrogen-bond acceptors (Lipinski definition) is 3. The largest absolute Gasteiger partial charge is 0.268 e. The number of sulfonamides is 1. The first-order chi connectivity index (χ1) is 5.80. The predicted octanol–water partition coefficient (Wildman–Crippen LogP) is -0.0161. The Morgan fingerprint density at radius 3 is 2.31 bits per heavy atom. The molecule has 0 heterocycles. The summed E-state index contributed by atoms with van der Waals surface area (Å²) in [7, 11) is -3.59. The molecule has 72 valence electrons. The topological polar surface area (TPSA) is 54.5 Å². The molecule has 5 heteroatoms. The average Bonchev–Trinajstić information content (AvgIpc) is 1.96. The molecule has 0 N–H and O–H groups in total. The first-order valence-electron chi connectivity index (χ1n) is 3.41. The lowest BCUT2D eigenvalue weighted by molar-refractivity contribution is -0.122. The number of carbonyl (C=O) groups is 1. The summed E-state index contributed by atoms with van der Waals surface area (Å²) >= 11 is 0. The van der Waals surface area contributed by atoms with Crippen LogP contribution in [0.5, 0.6) is 0 Å². The third kappa shape index (κ3) is 3.30. The fraction of sp³-hybridized carbons (Fsp3) is 0.375. The highest BCUT2D eigenvalue weighted by Gasteiger charge is 2.22. The van der Waals surface area contributed by atoms with E-state index in [9.17, 15) is 13.2 Å². The second kappa shape index (κ2) is 4.10. The molecule has 0 spiro atoms. The molecular weight excluding hydrogens is 190 g/mol. The monoisotopic (exact) mass is 201 g/mol. The van der Waals surface area contributed by atoms with Gasteiger partial charge in [0.2, 0.25) is 10.0 Å². The summed E-state index contributed by atoms with van der Waals surface area (Å²) in [6.45, 7) is 4.52. The number of carbonyl (C=O) groups excluding carboxylic acids is 1. The van der Waals surface area contributed by atoms with Gasteiger partial charge in [0.05, 0.1) is 12.8 Å². The molecule has 0 aromatic carbocycles. The minimum absolute atomic E-state index is 0.140. The van der Waals surface area contributed by atoms with Gasteiger partial charge in [-0.1, -0.05) is 12.5 Å². The zero-order chi connectivity index (χ0) is 10.6. The Bertz CT molecular complexity index is 361. The van der Waals surface area contributed by atoms with Gasteiger partial charge in [-0.3, -0.25) is 4.79 Å². The summed E-state index contributed by atoms with van der Waals surface area (Å²) in [6, 6.07) is 0. The second-order valence-corrected chi connectivity index (χ2v) is 4.47. The third-order valence-electron chi connectivity index (χ3n) is 1.23. The minimum Gasteiger partial charge on any atom is -0.268 e. The molecule has 0 unspecified atom stereocenters. The molecule has 0 bridgehead atoms. The number of terminal acetylenes is 1. The van der Waals surface area contributed by atoms with Crippen molar-refractivity contribution >= 4 is 15.9 Å². The van der Waals surface area contributed by atoms with Gasteiger partial charge in [-0.15, -0.1) is 6.42 Å². The lowest BCUT2D eigenvalue weighted by atomic mass is 10.3. The Labute approximate surface area is 78.3 Å². The van der Waals surface area contributed by atoms with Gasteiger partial charge in [-0.25, -0.2) is 12.7 Å². The summed E-state index contributed by atoms with van der Waals surface area (Å²) in [5.41, 5.74) is 0.140. The van der Waals surface area contributed by atoms with Gasteiger partial charge < -0.3 is 0 Å². The highest BCUT2D eigenvalue weighted by atomic mass is 32.2. The molecule has 0 aromatic heterocycles. The van der Waals surface area contributed by atoms with E-state index in [1.165, 1.54) is 6.92 Å². The van der Waals surface area contributed by atoms with E-state index in [0.29, 0.717) is 4.31 Å². The van der Waals surface area contributed by atoms with Crippen LogP contribution in [-0.2, 0) is 14.8 Å². The molecule has 0 radical (unpaired) electrons. The lowest BCUT2D eigenvalue weighted by Gasteiger charge is -2.16. The Kier molecular flexibility index (Phi) is 3.69. The van der Waals surface area contributed by atoms with Gasteiger partial charge in [-0.2, -0.15) is 0 Å². The van der Waals surface area contributed by atoms with Gasteiger partial charge >= 0.3 is 0 Å². The Morgan fingerprint density at radius 1 is 1.62 bits per heavy atom. The van der Waals surface area contributed by atoms with E-state index in [0.717, 1.165) is 6.26 Å². The Morgan fingerprint density at radius 2 is 2.08 bits per heavy atom. The molecule has 0 saturated carbocycles. The summed E-state index contributed by atoms with van der Waals surface area (Å²) in [4.78, 5) is 11.2. The van der Waals surface area contributed by atoms with Gasteiger partial charge in [0.1, 0.15) is 0 Å². The van der Waals surface area contributed by atoms with E-state index in [1.54, 1.807) is 0 Å². The first kappa shape index (κ1) is 11.7. The van der Waals surface area contributed by atoms with E-state index < -0.39 is 15.9 Å². The van der Waals surface area contributed by atoms with Crippen molar-refractivity contribution < 1.29 is 13.2 Å². The maximum absolute atomic E-state index is 11.2. The molecule has 1 amide bonds.